The first-order chi connectivity index (χ1) is 8.57. The van der Waals surface area contributed by atoms with E-state index in [1.165, 1.54) is 21.6 Å². The summed E-state index contributed by atoms with van der Waals surface area (Å²) in [4.78, 5) is 0. The van der Waals surface area contributed by atoms with Crippen molar-refractivity contribution in [3.63, 3.8) is 0 Å². The summed E-state index contributed by atoms with van der Waals surface area (Å²) in [6.45, 7) is 10.3. The fourth-order valence-corrected chi connectivity index (χ4v) is 2.25. The van der Waals surface area contributed by atoms with Crippen LogP contribution in [0.2, 0.25) is 0 Å². The minimum absolute atomic E-state index is 0.117. The van der Waals surface area contributed by atoms with Crippen molar-refractivity contribution in [2.75, 3.05) is 0 Å². The molecule has 0 saturated carbocycles. The van der Waals surface area contributed by atoms with Crippen LogP contribution < -0.4 is 10.4 Å². The van der Waals surface area contributed by atoms with Crippen molar-refractivity contribution < 1.29 is 0 Å². The lowest BCUT2D eigenvalue weighted by Gasteiger charge is -2.12. The summed E-state index contributed by atoms with van der Waals surface area (Å²) in [6, 6.07) is 4.34. The maximum atomic E-state index is 3.78. The van der Waals surface area contributed by atoms with Crippen molar-refractivity contribution >= 4 is 24.3 Å². The summed E-state index contributed by atoms with van der Waals surface area (Å²) in [5.41, 5.74) is 2.70. The van der Waals surface area contributed by atoms with Crippen LogP contribution >= 0.6 is 0 Å². The van der Waals surface area contributed by atoms with E-state index in [1.54, 1.807) is 0 Å². The SMILES string of the molecule is C=CC=c1ccc2c(c1=CC)C=CC(C)(C)C=C2. The summed E-state index contributed by atoms with van der Waals surface area (Å²) >= 11 is 0. The molecule has 0 fully saturated rings. The van der Waals surface area contributed by atoms with Gasteiger partial charge in [-0.2, -0.15) is 0 Å². The van der Waals surface area contributed by atoms with Gasteiger partial charge in [-0.15, -0.1) is 0 Å². The molecule has 0 saturated heterocycles. The smallest absolute Gasteiger partial charge is 0.00111 e. The van der Waals surface area contributed by atoms with Gasteiger partial charge >= 0.3 is 0 Å². The van der Waals surface area contributed by atoms with Crippen LogP contribution in [0, 0.1) is 5.41 Å². The van der Waals surface area contributed by atoms with Crippen LogP contribution in [-0.2, 0) is 0 Å². The van der Waals surface area contributed by atoms with E-state index >= 15 is 0 Å². The summed E-state index contributed by atoms with van der Waals surface area (Å²) in [7, 11) is 0. The Bertz CT molecular complexity index is 637. The van der Waals surface area contributed by atoms with E-state index in [0.717, 1.165) is 0 Å². The summed E-state index contributed by atoms with van der Waals surface area (Å²) < 4.78 is 0. The van der Waals surface area contributed by atoms with Gasteiger partial charge in [0.2, 0.25) is 0 Å². The van der Waals surface area contributed by atoms with Gasteiger partial charge in [-0.05, 0) is 28.5 Å². The molecular weight excluding hydrogens is 216 g/mol. The van der Waals surface area contributed by atoms with E-state index < -0.39 is 0 Å². The van der Waals surface area contributed by atoms with Crippen LogP contribution in [0.1, 0.15) is 31.9 Å². The van der Waals surface area contributed by atoms with Crippen LogP contribution in [0.5, 0.6) is 0 Å². The van der Waals surface area contributed by atoms with E-state index in [-0.39, 0.29) is 5.41 Å². The fourth-order valence-electron chi connectivity index (χ4n) is 2.25. The molecule has 18 heavy (non-hydrogen) atoms. The van der Waals surface area contributed by atoms with E-state index in [9.17, 15) is 0 Å². The molecule has 0 aliphatic heterocycles. The average molecular weight is 236 g/mol. The topological polar surface area (TPSA) is 0 Å². The molecule has 0 spiro atoms. The van der Waals surface area contributed by atoms with Crippen molar-refractivity contribution in [2.45, 2.75) is 20.8 Å². The highest BCUT2D eigenvalue weighted by molar-refractivity contribution is 5.70. The van der Waals surface area contributed by atoms with Crippen LogP contribution in [-0.4, -0.2) is 0 Å². The molecule has 1 aromatic rings. The number of hydrogen-bond acceptors (Lipinski definition) is 0. The van der Waals surface area contributed by atoms with Gasteiger partial charge in [0.1, 0.15) is 0 Å². The van der Waals surface area contributed by atoms with Gasteiger partial charge in [0.15, 0.2) is 0 Å². The van der Waals surface area contributed by atoms with Crippen molar-refractivity contribution in [2.24, 2.45) is 5.41 Å². The number of fused-ring (bicyclic) bond motifs is 1. The number of rotatable bonds is 1. The number of benzene rings is 1. The van der Waals surface area contributed by atoms with Crippen LogP contribution in [0.25, 0.3) is 24.3 Å². The van der Waals surface area contributed by atoms with Gasteiger partial charge in [-0.1, -0.05) is 75.1 Å². The molecule has 1 aliphatic carbocycles. The van der Waals surface area contributed by atoms with Gasteiger partial charge in [0, 0.05) is 5.41 Å². The second-order valence-corrected chi connectivity index (χ2v) is 5.25. The largest absolute Gasteiger partial charge is 0.0990 e. The maximum absolute atomic E-state index is 3.78. The Morgan fingerprint density at radius 1 is 1.11 bits per heavy atom. The molecule has 0 atom stereocenters. The van der Waals surface area contributed by atoms with Crippen molar-refractivity contribution in [3.05, 3.63) is 58.5 Å². The van der Waals surface area contributed by atoms with Crippen LogP contribution in [0.4, 0.5) is 0 Å². The zero-order chi connectivity index (χ0) is 13.2. The minimum atomic E-state index is 0.117. The fraction of sp³-hybridized carbons (Fsp3) is 0.222. The highest BCUT2D eigenvalue weighted by atomic mass is 14.2. The molecule has 1 aromatic carbocycles. The quantitative estimate of drug-likeness (QED) is 0.700. The van der Waals surface area contributed by atoms with Gasteiger partial charge in [-0.25, -0.2) is 0 Å². The predicted octanol–water partition coefficient (Wildman–Crippen LogP) is 3.52. The molecule has 0 unspecified atom stereocenters. The average Bonchev–Trinajstić information content (AvgIpc) is 2.49. The number of allylic oxidation sites excluding steroid dienone is 3. The molecule has 0 nitrogen and oxygen atoms in total. The molecule has 0 radical (unpaired) electrons. The van der Waals surface area contributed by atoms with Crippen LogP contribution in [0.15, 0.2) is 36.9 Å². The Balaban J connectivity index is 2.80. The monoisotopic (exact) mass is 236 g/mol. The van der Waals surface area contributed by atoms with Crippen LogP contribution in [0.3, 0.4) is 0 Å². The summed E-state index contributed by atoms with van der Waals surface area (Å²) in [5.74, 6) is 0. The Hall–Kier alpha value is -1.82. The first-order valence-electron chi connectivity index (χ1n) is 6.38. The van der Waals surface area contributed by atoms with E-state index in [1.807, 2.05) is 6.08 Å². The Kier molecular flexibility index (Phi) is 3.38. The minimum Gasteiger partial charge on any atom is -0.0990 e. The third-order valence-corrected chi connectivity index (χ3v) is 3.31. The lowest BCUT2D eigenvalue weighted by Crippen LogP contribution is -2.27. The number of hydrogen-bond donors (Lipinski definition) is 0. The highest BCUT2D eigenvalue weighted by Gasteiger charge is 2.12. The maximum Gasteiger partial charge on any atom is 0.00111 e. The molecular formula is C18H20. The third kappa shape index (κ3) is 2.38. The molecule has 0 heteroatoms. The zero-order valence-corrected chi connectivity index (χ0v) is 11.4. The van der Waals surface area contributed by atoms with Gasteiger partial charge < -0.3 is 0 Å². The van der Waals surface area contributed by atoms with E-state index in [2.05, 4.69) is 75.9 Å². The summed E-state index contributed by atoms with van der Waals surface area (Å²) in [6.07, 6.45) is 15.1. The molecule has 0 bridgehead atoms. The molecule has 2 rings (SSSR count). The molecule has 0 N–H and O–H groups in total. The highest BCUT2D eigenvalue weighted by Crippen LogP contribution is 2.25. The molecule has 0 heterocycles. The lowest BCUT2D eigenvalue weighted by atomic mass is 9.93. The van der Waals surface area contributed by atoms with E-state index in [4.69, 9.17) is 0 Å². The molecule has 0 amide bonds. The van der Waals surface area contributed by atoms with E-state index in [0.29, 0.717) is 0 Å². The second-order valence-electron chi connectivity index (χ2n) is 5.25. The first kappa shape index (κ1) is 12.6. The van der Waals surface area contributed by atoms with Crippen molar-refractivity contribution in [3.8, 4) is 0 Å². The Morgan fingerprint density at radius 2 is 1.83 bits per heavy atom. The van der Waals surface area contributed by atoms with Gasteiger partial charge in [0.05, 0.1) is 0 Å². The van der Waals surface area contributed by atoms with Gasteiger partial charge in [0.25, 0.3) is 0 Å². The van der Waals surface area contributed by atoms with Gasteiger partial charge in [-0.3, -0.25) is 0 Å². The standard InChI is InChI=1S/C18H20/c1-5-7-14-8-9-15-10-12-18(3,4)13-11-17(15)16(14)6-2/h5-13H,1H2,2-4H3. The van der Waals surface area contributed by atoms with Crippen molar-refractivity contribution in [1.82, 2.24) is 0 Å². The third-order valence-electron chi connectivity index (χ3n) is 3.31. The lowest BCUT2D eigenvalue weighted by molar-refractivity contribution is 0.633. The first-order valence-corrected chi connectivity index (χ1v) is 6.38. The molecule has 0 aromatic heterocycles. The second kappa shape index (κ2) is 4.81. The molecule has 92 valence electrons. The summed E-state index contributed by atoms with van der Waals surface area (Å²) in [5, 5.41) is 2.51. The Labute approximate surface area is 109 Å². The normalized spacial score (nSPS) is 18.6. The zero-order valence-electron chi connectivity index (χ0n) is 11.4. The van der Waals surface area contributed by atoms with Crippen molar-refractivity contribution in [1.29, 1.82) is 0 Å². The molecule has 1 aliphatic rings. The Morgan fingerprint density at radius 3 is 2.50 bits per heavy atom. The predicted molar refractivity (Wildman–Crippen MR) is 82.3 cm³/mol.